The maximum absolute atomic E-state index is 5.23. The molecule has 56 valence electrons. The van der Waals surface area contributed by atoms with Gasteiger partial charge >= 0.3 is 0 Å². The second kappa shape index (κ2) is 3.07. The Kier molecular flexibility index (Phi) is 2.34. The van der Waals surface area contributed by atoms with E-state index < -0.39 is 0 Å². The third-order valence-corrected chi connectivity index (χ3v) is 2.09. The summed E-state index contributed by atoms with van der Waals surface area (Å²) in [6.45, 7) is 4.24. The minimum absolute atomic E-state index is 0.232. The zero-order valence-corrected chi connectivity index (χ0v) is 6.72. The Morgan fingerprint density at radius 2 is 2.10 bits per heavy atom. The Bertz CT molecular complexity index is 141. The van der Waals surface area contributed by atoms with E-state index in [4.69, 9.17) is 6.42 Å². The highest BCUT2D eigenvalue weighted by molar-refractivity contribution is 4.98. The summed E-state index contributed by atoms with van der Waals surface area (Å²) in [4.78, 5) is 0. The third kappa shape index (κ3) is 2.04. The Labute approximate surface area is 63.2 Å². The standard InChI is InChI=1S/C9H15N/c1-4-7(2)10-8(3)9-5-6-9/h1,7-10H,5-6H2,2-3H3. The molecule has 0 radical (unpaired) electrons. The van der Waals surface area contributed by atoms with Crippen molar-refractivity contribution in [1.82, 2.24) is 5.32 Å². The van der Waals surface area contributed by atoms with Gasteiger partial charge in [0.1, 0.15) is 0 Å². The van der Waals surface area contributed by atoms with Gasteiger partial charge in [0, 0.05) is 6.04 Å². The van der Waals surface area contributed by atoms with Crippen LogP contribution < -0.4 is 5.32 Å². The van der Waals surface area contributed by atoms with Gasteiger partial charge in [0.25, 0.3) is 0 Å². The number of hydrogen-bond acceptors (Lipinski definition) is 1. The SMILES string of the molecule is C#CC(C)NC(C)C1CC1. The zero-order valence-electron chi connectivity index (χ0n) is 6.72. The monoisotopic (exact) mass is 137 g/mol. The van der Waals surface area contributed by atoms with E-state index in [0.29, 0.717) is 6.04 Å². The average Bonchev–Trinajstić information content (AvgIpc) is 2.68. The molecule has 1 fully saturated rings. The first-order chi connectivity index (χ1) is 4.74. The fourth-order valence-corrected chi connectivity index (χ4v) is 1.17. The predicted molar refractivity (Wildman–Crippen MR) is 43.6 cm³/mol. The molecule has 1 N–H and O–H groups in total. The molecule has 2 atom stereocenters. The van der Waals surface area contributed by atoms with E-state index >= 15 is 0 Å². The van der Waals surface area contributed by atoms with Gasteiger partial charge in [-0.1, -0.05) is 5.92 Å². The summed E-state index contributed by atoms with van der Waals surface area (Å²) in [5.41, 5.74) is 0. The van der Waals surface area contributed by atoms with Gasteiger partial charge in [0.2, 0.25) is 0 Å². The minimum atomic E-state index is 0.232. The summed E-state index contributed by atoms with van der Waals surface area (Å²) in [6, 6.07) is 0.849. The van der Waals surface area contributed by atoms with Crippen molar-refractivity contribution < 1.29 is 0 Å². The molecule has 1 aliphatic rings. The van der Waals surface area contributed by atoms with Gasteiger partial charge in [-0.25, -0.2) is 0 Å². The van der Waals surface area contributed by atoms with Crippen molar-refractivity contribution in [3.63, 3.8) is 0 Å². The smallest absolute Gasteiger partial charge is 0.0660 e. The molecule has 0 saturated heterocycles. The number of hydrogen-bond donors (Lipinski definition) is 1. The number of terminal acetylenes is 1. The average molecular weight is 137 g/mol. The number of nitrogens with one attached hydrogen (secondary N) is 1. The van der Waals surface area contributed by atoms with Crippen molar-refractivity contribution in [3.8, 4) is 12.3 Å². The van der Waals surface area contributed by atoms with Crippen LogP contribution in [0.4, 0.5) is 0 Å². The molecule has 1 heteroatoms. The first-order valence-corrected chi connectivity index (χ1v) is 3.96. The molecule has 2 unspecified atom stereocenters. The van der Waals surface area contributed by atoms with Crippen molar-refractivity contribution in [2.75, 3.05) is 0 Å². The summed E-state index contributed by atoms with van der Waals surface area (Å²) < 4.78 is 0. The van der Waals surface area contributed by atoms with E-state index in [1.807, 2.05) is 6.92 Å². The fraction of sp³-hybridized carbons (Fsp3) is 0.778. The molecule has 0 aliphatic heterocycles. The molecule has 1 saturated carbocycles. The van der Waals surface area contributed by atoms with Crippen molar-refractivity contribution in [2.45, 2.75) is 38.8 Å². The molecule has 1 nitrogen and oxygen atoms in total. The first kappa shape index (κ1) is 7.63. The van der Waals surface area contributed by atoms with Crippen LogP contribution in [0.15, 0.2) is 0 Å². The van der Waals surface area contributed by atoms with E-state index in [1.54, 1.807) is 0 Å². The van der Waals surface area contributed by atoms with Crippen LogP contribution in [0.5, 0.6) is 0 Å². The molecular weight excluding hydrogens is 122 g/mol. The molecule has 0 bridgehead atoms. The largest absolute Gasteiger partial charge is 0.301 e. The van der Waals surface area contributed by atoms with Crippen LogP contribution in [-0.2, 0) is 0 Å². The second-order valence-electron chi connectivity index (χ2n) is 3.18. The Hall–Kier alpha value is -0.480. The summed E-state index contributed by atoms with van der Waals surface area (Å²) in [7, 11) is 0. The van der Waals surface area contributed by atoms with Gasteiger partial charge in [-0.05, 0) is 32.6 Å². The summed E-state index contributed by atoms with van der Waals surface area (Å²) in [5, 5.41) is 3.36. The van der Waals surface area contributed by atoms with Crippen LogP contribution in [0.25, 0.3) is 0 Å². The van der Waals surface area contributed by atoms with Gasteiger partial charge in [0.05, 0.1) is 6.04 Å². The Morgan fingerprint density at radius 3 is 2.50 bits per heavy atom. The molecule has 0 aromatic rings. The molecule has 1 rings (SSSR count). The van der Waals surface area contributed by atoms with Crippen LogP contribution in [0, 0.1) is 18.3 Å². The minimum Gasteiger partial charge on any atom is -0.301 e. The molecule has 0 spiro atoms. The van der Waals surface area contributed by atoms with E-state index in [2.05, 4.69) is 18.2 Å². The predicted octanol–water partition coefficient (Wildman–Crippen LogP) is 1.40. The zero-order chi connectivity index (χ0) is 7.56. The van der Waals surface area contributed by atoms with Gasteiger partial charge in [-0.15, -0.1) is 6.42 Å². The van der Waals surface area contributed by atoms with E-state index in [9.17, 15) is 0 Å². The maximum atomic E-state index is 5.23. The molecule has 0 aromatic carbocycles. The van der Waals surface area contributed by atoms with Crippen molar-refractivity contribution >= 4 is 0 Å². The molecular formula is C9H15N. The van der Waals surface area contributed by atoms with Gasteiger partial charge in [-0.3, -0.25) is 0 Å². The highest BCUT2D eigenvalue weighted by atomic mass is 14.9. The highest BCUT2D eigenvalue weighted by Crippen LogP contribution is 2.32. The lowest BCUT2D eigenvalue weighted by molar-refractivity contribution is 0.478. The lowest BCUT2D eigenvalue weighted by Gasteiger charge is -2.14. The van der Waals surface area contributed by atoms with E-state index in [-0.39, 0.29) is 6.04 Å². The van der Waals surface area contributed by atoms with Crippen LogP contribution in [0.1, 0.15) is 26.7 Å². The third-order valence-electron chi connectivity index (χ3n) is 2.09. The van der Waals surface area contributed by atoms with Crippen molar-refractivity contribution in [1.29, 1.82) is 0 Å². The highest BCUT2D eigenvalue weighted by Gasteiger charge is 2.27. The van der Waals surface area contributed by atoms with Gasteiger partial charge in [0.15, 0.2) is 0 Å². The van der Waals surface area contributed by atoms with Crippen LogP contribution in [-0.4, -0.2) is 12.1 Å². The molecule has 10 heavy (non-hydrogen) atoms. The topological polar surface area (TPSA) is 12.0 Å². The normalized spacial score (nSPS) is 23.3. The summed E-state index contributed by atoms with van der Waals surface area (Å²) >= 11 is 0. The van der Waals surface area contributed by atoms with Crippen LogP contribution in [0.3, 0.4) is 0 Å². The van der Waals surface area contributed by atoms with Crippen LogP contribution in [0.2, 0.25) is 0 Å². The lowest BCUT2D eigenvalue weighted by Crippen LogP contribution is -2.34. The fourth-order valence-electron chi connectivity index (χ4n) is 1.17. The molecule has 0 heterocycles. The second-order valence-corrected chi connectivity index (χ2v) is 3.18. The maximum Gasteiger partial charge on any atom is 0.0660 e. The molecule has 0 amide bonds. The Balaban J connectivity index is 2.17. The summed E-state index contributed by atoms with van der Waals surface area (Å²) in [6.07, 6.45) is 7.99. The summed E-state index contributed by atoms with van der Waals surface area (Å²) in [5.74, 6) is 3.57. The quantitative estimate of drug-likeness (QED) is 0.580. The molecule has 1 aliphatic carbocycles. The van der Waals surface area contributed by atoms with E-state index in [0.717, 1.165) is 5.92 Å². The van der Waals surface area contributed by atoms with Gasteiger partial charge in [-0.2, -0.15) is 0 Å². The lowest BCUT2D eigenvalue weighted by atomic mass is 10.2. The Morgan fingerprint density at radius 1 is 1.50 bits per heavy atom. The van der Waals surface area contributed by atoms with Crippen molar-refractivity contribution in [3.05, 3.63) is 0 Å². The van der Waals surface area contributed by atoms with Crippen molar-refractivity contribution in [2.24, 2.45) is 5.92 Å². The van der Waals surface area contributed by atoms with Gasteiger partial charge < -0.3 is 5.32 Å². The number of rotatable bonds is 3. The molecule has 0 aromatic heterocycles. The van der Waals surface area contributed by atoms with Crippen LogP contribution >= 0.6 is 0 Å². The van der Waals surface area contributed by atoms with E-state index in [1.165, 1.54) is 12.8 Å². The first-order valence-electron chi connectivity index (χ1n) is 3.96.